The second kappa shape index (κ2) is 6.70. The summed E-state index contributed by atoms with van der Waals surface area (Å²) in [5.74, 6) is 0.538. The van der Waals surface area contributed by atoms with Gasteiger partial charge in [-0.2, -0.15) is 0 Å². The van der Waals surface area contributed by atoms with Crippen molar-refractivity contribution in [3.63, 3.8) is 0 Å². The lowest BCUT2D eigenvalue weighted by molar-refractivity contribution is -0.0972. The number of morpholine rings is 1. The van der Waals surface area contributed by atoms with E-state index in [1.165, 1.54) is 5.56 Å². The number of benzene rings is 1. The molecule has 1 aromatic carbocycles. The fourth-order valence-electron chi connectivity index (χ4n) is 3.08. The molecule has 0 saturated carbocycles. The lowest BCUT2D eigenvalue weighted by Gasteiger charge is -2.42. The van der Waals surface area contributed by atoms with Gasteiger partial charge in [0.05, 0.1) is 12.2 Å². The second-order valence-electron chi connectivity index (χ2n) is 6.52. The van der Waals surface area contributed by atoms with Crippen molar-refractivity contribution in [2.24, 2.45) is 5.73 Å². The van der Waals surface area contributed by atoms with Crippen molar-refractivity contribution in [2.75, 3.05) is 26.2 Å². The number of nitrogens with zero attached hydrogens (tertiary/aromatic N) is 1. The van der Waals surface area contributed by atoms with Crippen LogP contribution in [0.4, 0.5) is 0 Å². The van der Waals surface area contributed by atoms with Crippen molar-refractivity contribution in [3.05, 3.63) is 35.9 Å². The molecule has 112 valence electrons. The molecule has 2 N–H and O–H groups in total. The van der Waals surface area contributed by atoms with Gasteiger partial charge in [0.2, 0.25) is 0 Å². The van der Waals surface area contributed by atoms with E-state index in [-0.39, 0.29) is 5.60 Å². The minimum absolute atomic E-state index is 0.0539. The van der Waals surface area contributed by atoms with E-state index in [2.05, 4.69) is 56.0 Å². The highest BCUT2D eigenvalue weighted by molar-refractivity contribution is 5.19. The molecule has 0 bridgehead atoms. The third-order valence-electron chi connectivity index (χ3n) is 4.24. The molecule has 0 aromatic heterocycles. The first kappa shape index (κ1) is 15.5. The Labute approximate surface area is 123 Å². The van der Waals surface area contributed by atoms with Crippen LogP contribution >= 0.6 is 0 Å². The van der Waals surface area contributed by atoms with Crippen LogP contribution in [0.2, 0.25) is 0 Å². The van der Waals surface area contributed by atoms with Gasteiger partial charge in [0.15, 0.2) is 0 Å². The molecule has 2 unspecified atom stereocenters. The SMILES string of the molecule is CC(CC(CN)N1CCOC(C)(C)C1)c1ccccc1. The van der Waals surface area contributed by atoms with E-state index >= 15 is 0 Å². The highest BCUT2D eigenvalue weighted by Crippen LogP contribution is 2.25. The summed E-state index contributed by atoms with van der Waals surface area (Å²) in [6.45, 7) is 10.1. The number of hydrogen-bond acceptors (Lipinski definition) is 3. The third kappa shape index (κ3) is 4.05. The highest BCUT2D eigenvalue weighted by Gasteiger charge is 2.31. The van der Waals surface area contributed by atoms with Crippen LogP contribution in [0.1, 0.15) is 38.7 Å². The van der Waals surface area contributed by atoms with E-state index < -0.39 is 0 Å². The van der Waals surface area contributed by atoms with Crippen LogP contribution in [0, 0.1) is 0 Å². The summed E-state index contributed by atoms with van der Waals surface area (Å²) in [6.07, 6.45) is 1.11. The summed E-state index contributed by atoms with van der Waals surface area (Å²) < 4.78 is 5.80. The van der Waals surface area contributed by atoms with Crippen LogP contribution in [-0.2, 0) is 4.74 Å². The minimum atomic E-state index is -0.0539. The molecular weight excluding hydrogens is 248 g/mol. The Balaban J connectivity index is 1.98. The first-order valence-corrected chi connectivity index (χ1v) is 7.65. The Morgan fingerprint density at radius 3 is 2.60 bits per heavy atom. The molecule has 1 fully saturated rings. The fraction of sp³-hybridized carbons (Fsp3) is 0.647. The second-order valence-corrected chi connectivity index (χ2v) is 6.52. The van der Waals surface area contributed by atoms with Gasteiger partial charge in [-0.05, 0) is 31.7 Å². The van der Waals surface area contributed by atoms with E-state index in [1.807, 2.05) is 0 Å². The van der Waals surface area contributed by atoms with Crippen LogP contribution in [0.25, 0.3) is 0 Å². The van der Waals surface area contributed by atoms with E-state index in [1.54, 1.807) is 0 Å². The number of rotatable bonds is 5. The van der Waals surface area contributed by atoms with Crippen molar-refractivity contribution in [3.8, 4) is 0 Å². The zero-order valence-electron chi connectivity index (χ0n) is 13.0. The summed E-state index contributed by atoms with van der Waals surface area (Å²) in [6, 6.07) is 11.2. The Hall–Kier alpha value is -0.900. The molecule has 0 radical (unpaired) electrons. The molecule has 1 heterocycles. The molecule has 0 aliphatic carbocycles. The van der Waals surface area contributed by atoms with Gasteiger partial charge in [0.1, 0.15) is 0 Å². The molecule has 0 spiro atoms. The molecule has 3 heteroatoms. The maximum atomic E-state index is 6.04. The predicted octanol–water partition coefficient (Wildman–Crippen LogP) is 2.62. The highest BCUT2D eigenvalue weighted by atomic mass is 16.5. The molecule has 3 nitrogen and oxygen atoms in total. The predicted molar refractivity (Wildman–Crippen MR) is 83.9 cm³/mol. The van der Waals surface area contributed by atoms with Gasteiger partial charge in [-0.25, -0.2) is 0 Å². The van der Waals surface area contributed by atoms with Gasteiger partial charge in [-0.15, -0.1) is 0 Å². The quantitative estimate of drug-likeness (QED) is 0.898. The summed E-state index contributed by atoms with van der Waals surface area (Å²) in [7, 11) is 0. The number of nitrogens with two attached hydrogens (primary N) is 1. The van der Waals surface area contributed by atoms with E-state index in [4.69, 9.17) is 10.5 Å². The molecule has 2 atom stereocenters. The van der Waals surface area contributed by atoms with Crippen molar-refractivity contribution in [1.82, 2.24) is 4.90 Å². The Morgan fingerprint density at radius 1 is 1.30 bits per heavy atom. The van der Waals surface area contributed by atoms with Gasteiger partial charge in [0, 0.05) is 25.7 Å². The topological polar surface area (TPSA) is 38.5 Å². The normalized spacial score (nSPS) is 22.4. The van der Waals surface area contributed by atoms with Gasteiger partial charge >= 0.3 is 0 Å². The summed E-state index contributed by atoms with van der Waals surface area (Å²) >= 11 is 0. The monoisotopic (exact) mass is 276 g/mol. The van der Waals surface area contributed by atoms with Crippen LogP contribution < -0.4 is 5.73 Å². The molecular formula is C17H28N2O. The smallest absolute Gasteiger partial charge is 0.0753 e. The molecule has 20 heavy (non-hydrogen) atoms. The standard InChI is InChI=1S/C17H28N2O/c1-14(15-7-5-4-6-8-15)11-16(12-18)19-9-10-20-17(2,3)13-19/h4-8,14,16H,9-13,18H2,1-3H3. The van der Waals surface area contributed by atoms with E-state index in [9.17, 15) is 0 Å². The average molecular weight is 276 g/mol. The first-order valence-electron chi connectivity index (χ1n) is 7.65. The Bertz CT molecular complexity index is 405. The summed E-state index contributed by atoms with van der Waals surface area (Å²) in [4.78, 5) is 2.50. The zero-order valence-corrected chi connectivity index (χ0v) is 13.0. The average Bonchev–Trinajstić information content (AvgIpc) is 2.44. The first-order chi connectivity index (χ1) is 9.52. The van der Waals surface area contributed by atoms with E-state index in [0.29, 0.717) is 18.5 Å². The van der Waals surface area contributed by atoms with Crippen LogP contribution in [-0.4, -0.2) is 42.8 Å². The Kier molecular flexibility index (Phi) is 5.19. The van der Waals surface area contributed by atoms with Crippen molar-refractivity contribution >= 4 is 0 Å². The fourth-order valence-corrected chi connectivity index (χ4v) is 3.08. The van der Waals surface area contributed by atoms with Gasteiger partial charge in [0.25, 0.3) is 0 Å². The largest absolute Gasteiger partial charge is 0.373 e. The van der Waals surface area contributed by atoms with Crippen LogP contribution in [0.5, 0.6) is 0 Å². The third-order valence-corrected chi connectivity index (χ3v) is 4.24. The number of ether oxygens (including phenoxy) is 1. The zero-order chi connectivity index (χ0) is 14.6. The van der Waals surface area contributed by atoms with Crippen molar-refractivity contribution in [1.29, 1.82) is 0 Å². The summed E-state index contributed by atoms with van der Waals surface area (Å²) in [5.41, 5.74) is 7.38. The lowest BCUT2D eigenvalue weighted by Crippen LogP contribution is -2.54. The van der Waals surface area contributed by atoms with Crippen LogP contribution in [0.15, 0.2) is 30.3 Å². The lowest BCUT2D eigenvalue weighted by atomic mass is 9.92. The van der Waals surface area contributed by atoms with E-state index in [0.717, 1.165) is 26.1 Å². The Morgan fingerprint density at radius 2 is 2.00 bits per heavy atom. The van der Waals surface area contributed by atoms with Gasteiger partial charge in [-0.1, -0.05) is 37.3 Å². The molecule has 1 saturated heterocycles. The molecule has 1 aliphatic heterocycles. The van der Waals surface area contributed by atoms with Gasteiger partial charge < -0.3 is 10.5 Å². The van der Waals surface area contributed by atoms with Crippen LogP contribution in [0.3, 0.4) is 0 Å². The van der Waals surface area contributed by atoms with Gasteiger partial charge in [-0.3, -0.25) is 4.90 Å². The molecule has 1 aromatic rings. The molecule has 2 rings (SSSR count). The number of hydrogen-bond donors (Lipinski definition) is 1. The maximum absolute atomic E-state index is 6.04. The maximum Gasteiger partial charge on any atom is 0.0753 e. The van der Waals surface area contributed by atoms with Crippen molar-refractivity contribution in [2.45, 2.75) is 44.8 Å². The summed E-state index contributed by atoms with van der Waals surface area (Å²) in [5, 5.41) is 0. The molecule has 0 amide bonds. The minimum Gasteiger partial charge on any atom is -0.373 e. The van der Waals surface area contributed by atoms with Crippen molar-refractivity contribution < 1.29 is 4.74 Å². The molecule has 1 aliphatic rings.